The molecule has 0 saturated carbocycles. The van der Waals surface area contributed by atoms with Crippen LogP contribution >= 0.6 is 11.3 Å². The standard InChI is InChI=1S/C43H28N4S/c1-3-13-27(14-4-1)41-44-42(28-15-5-2-6-16-28)46-43(45-41)29-23-25-30(26-24-29)47-35-21-11-9-19-33(35)37-31-17-7-8-18-32(31)38-34-20-10-12-22-36(34)48-40(38)39(37)47/h1-26,43H,(H,44,45,46). The molecule has 1 aliphatic rings. The minimum Gasteiger partial charge on any atom is -0.324 e. The molecule has 4 nitrogen and oxygen atoms in total. The zero-order valence-corrected chi connectivity index (χ0v) is 26.7. The number of para-hydroxylation sites is 1. The molecule has 2 aromatic heterocycles. The van der Waals surface area contributed by atoms with E-state index in [0.29, 0.717) is 0 Å². The summed E-state index contributed by atoms with van der Waals surface area (Å²) >= 11 is 1.89. The van der Waals surface area contributed by atoms with E-state index in [1.807, 2.05) is 47.7 Å². The first-order valence-electron chi connectivity index (χ1n) is 16.2. The minimum absolute atomic E-state index is 0.373. The third-order valence-electron chi connectivity index (χ3n) is 9.43. The van der Waals surface area contributed by atoms with Crippen molar-refractivity contribution in [3.63, 3.8) is 0 Å². The Morgan fingerprint density at radius 2 is 1.04 bits per heavy atom. The van der Waals surface area contributed by atoms with Crippen molar-refractivity contribution in [1.29, 1.82) is 0 Å². The first kappa shape index (κ1) is 27.1. The second-order valence-electron chi connectivity index (χ2n) is 12.2. The van der Waals surface area contributed by atoms with Gasteiger partial charge >= 0.3 is 0 Å². The van der Waals surface area contributed by atoms with Gasteiger partial charge in [-0.05, 0) is 40.6 Å². The highest BCUT2D eigenvalue weighted by molar-refractivity contribution is 7.27. The Balaban J connectivity index is 1.19. The molecule has 0 aliphatic carbocycles. The van der Waals surface area contributed by atoms with Crippen molar-refractivity contribution in [1.82, 2.24) is 9.88 Å². The monoisotopic (exact) mass is 632 g/mol. The first-order valence-corrected chi connectivity index (χ1v) is 17.0. The van der Waals surface area contributed by atoms with Gasteiger partial charge in [0.25, 0.3) is 0 Å². The van der Waals surface area contributed by atoms with Crippen LogP contribution < -0.4 is 5.32 Å². The Hall–Kier alpha value is -6.04. The van der Waals surface area contributed by atoms with Crippen molar-refractivity contribution < 1.29 is 0 Å². The lowest BCUT2D eigenvalue weighted by Gasteiger charge is -2.22. The van der Waals surface area contributed by atoms with E-state index in [0.717, 1.165) is 34.0 Å². The van der Waals surface area contributed by atoms with Gasteiger partial charge in [0.2, 0.25) is 0 Å². The van der Waals surface area contributed by atoms with Crippen LogP contribution in [0.3, 0.4) is 0 Å². The molecule has 0 fully saturated rings. The van der Waals surface area contributed by atoms with Crippen molar-refractivity contribution in [3.05, 3.63) is 174 Å². The van der Waals surface area contributed by atoms with E-state index in [2.05, 4.69) is 131 Å². The van der Waals surface area contributed by atoms with Crippen LogP contribution in [0, 0.1) is 0 Å². The predicted molar refractivity (Wildman–Crippen MR) is 203 cm³/mol. The summed E-state index contributed by atoms with van der Waals surface area (Å²) in [6, 6.07) is 55.9. The van der Waals surface area contributed by atoms with Gasteiger partial charge in [-0.2, -0.15) is 0 Å². The number of benzene rings is 7. The van der Waals surface area contributed by atoms with Crippen molar-refractivity contribution in [3.8, 4) is 5.69 Å². The number of hydrogen-bond acceptors (Lipinski definition) is 4. The Kier molecular flexibility index (Phi) is 6.08. The highest BCUT2D eigenvalue weighted by Crippen LogP contribution is 2.47. The van der Waals surface area contributed by atoms with Gasteiger partial charge in [0.05, 0.1) is 15.7 Å². The van der Waals surface area contributed by atoms with E-state index in [1.54, 1.807) is 0 Å². The van der Waals surface area contributed by atoms with E-state index in [9.17, 15) is 0 Å². The molecule has 1 N–H and O–H groups in total. The van der Waals surface area contributed by atoms with E-state index in [-0.39, 0.29) is 6.17 Å². The number of nitrogens with one attached hydrogen (secondary N) is 1. The van der Waals surface area contributed by atoms with Gasteiger partial charge in [-0.25, -0.2) is 9.98 Å². The summed E-state index contributed by atoms with van der Waals surface area (Å²) < 4.78 is 5.08. The summed E-state index contributed by atoms with van der Waals surface area (Å²) in [5, 5.41) is 11.3. The van der Waals surface area contributed by atoms with Crippen LogP contribution in [0.15, 0.2) is 168 Å². The van der Waals surface area contributed by atoms with Crippen LogP contribution in [-0.4, -0.2) is 16.2 Å². The Labute approximate surface area is 281 Å². The van der Waals surface area contributed by atoms with Crippen LogP contribution in [0.2, 0.25) is 0 Å². The van der Waals surface area contributed by atoms with E-state index >= 15 is 0 Å². The average molecular weight is 633 g/mol. The predicted octanol–water partition coefficient (Wildman–Crippen LogP) is 10.8. The maximum absolute atomic E-state index is 5.10. The molecule has 0 spiro atoms. The third-order valence-corrected chi connectivity index (χ3v) is 10.6. The van der Waals surface area contributed by atoms with Gasteiger partial charge in [0.1, 0.15) is 11.7 Å². The lowest BCUT2D eigenvalue weighted by Crippen LogP contribution is -2.35. The van der Waals surface area contributed by atoms with E-state index < -0.39 is 0 Å². The molecule has 0 bridgehead atoms. The summed E-state index contributed by atoms with van der Waals surface area (Å²) in [6.45, 7) is 0. The van der Waals surface area contributed by atoms with Crippen LogP contribution in [0.1, 0.15) is 22.9 Å². The molecule has 0 atom stereocenters. The van der Waals surface area contributed by atoms with Crippen LogP contribution in [0.25, 0.3) is 58.4 Å². The zero-order valence-electron chi connectivity index (χ0n) is 25.8. The Morgan fingerprint density at radius 3 is 1.71 bits per heavy atom. The molecular formula is C43H28N4S. The molecule has 0 radical (unpaired) electrons. The quantitative estimate of drug-likeness (QED) is 0.206. The SMILES string of the molecule is c1ccc(C2=NC(c3ccc(-n4c5ccccc5c5c6ccccc6c6c7ccccc7sc6c54)cc3)N=C(c3ccccc3)N2)cc1. The van der Waals surface area contributed by atoms with Crippen LogP contribution in [0.4, 0.5) is 0 Å². The third kappa shape index (κ3) is 4.15. The summed E-state index contributed by atoms with van der Waals surface area (Å²) in [7, 11) is 0. The maximum Gasteiger partial charge on any atom is 0.169 e. The summed E-state index contributed by atoms with van der Waals surface area (Å²) in [5.41, 5.74) is 6.69. The second-order valence-corrected chi connectivity index (χ2v) is 13.3. The first-order chi connectivity index (χ1) is 23.8. The molecule has 0 amide bonds. The molecule has 0 saturated heterocycles. The number of hydrogen-bond donors (Lipinski definition) is 1. The average Bonchev–Trinajstić information content (AvgIpc) is 3.73. The molecule has 0 unspecified atom stereocenters. The molecule has 1 aliphatic heterocycles. The topological polar surface area (TPSA) is 41.7 Å². The number of aromatic nitrogens is 1. The number of rotatable bonds is 4. The molecule has 10 rings (SSSR count). The molecule has 9 aromatic rings. The van der Waals surface area contributed by atoms with Crippen molar-refractivity contribution in [2.75, 3.05) is 0 Å². The van der Waals surface area contributed by atoms with Gasteiger partial charge in [0, 0.05) is 43.1 Å². The number of thiophene rings is 1. The van der Waals surface area contributed by atoms with Crippen LogP contribution in [0.5, 0.6) is 0 Å². The number of nitrogens with zero attached hydrogens (tertiary/aromatic N) is 3. The summed E-state index contributed by atoms with van der Waals surface area (Å²) in [5.74, 6) is 1.64. The summed E-state index contributed by atoms with van der Waals surface area (Å²) in [4.78, 5) is 10.2. The molecule has 5 heteroatoms. The van der Waals surface area contributed by atoms with E-state index in [1.165, 1.54) is 52.8 Å². The number of fused-ring (bicyclic) bond motifs is 10. The summed E-state index contributed by atoms with van der Waals surface area (Å²) in [6.07, 6.45) is -0.373. The van der Waals surface area contributed by atoms with Gasteiger partial charge in [0.15, 0.2) is 6.17 Å². The number of amidine groups is 2. The normalized spacial score (nSPS) is 13.8. The van der Waals surface area contributed by atoms with Crippen molar-refractivity contribution >= 4 is 75.8 Å². The largest absolute Gasteiger partial charge is 0.324 e. The second kappa shape index (κ2) is 10.8. The molecule has 3 heterocycles. The minimum atomic E-state index is -0.373. The molecule has 7 aromatic carbocycles. The molecular weight excluding hydrogens is 605 g/mol. The van der Waals surface area contributed by atoms with Crippen molar-refractivity contribution in [2.45, 2.75) is 6.17 Å². The highest BCUT2D eigenvalue weighted by Gasteiger charge is 2.23. The maximum atomic E-state index is 5.10. The lowest BCUT2D eigenvalue weighted by molar-refractivity contribution is 0.755. The van der Waals surface area contributed by atoms with Gasteiger partial charge in [-0.15, -0.1) is 11.3 Å². The van der Waals surface area contributed by atoms with Gasteiger partial charge < -0.3 is 9.88 Å². The zero-order chi connectivity index (χ0) is 31.6. The lowest BCUT2D eigenvalue weighted by atomic mass is 9.99. The fraction of sp³-hybridized carbons (Fsp3) is 0.0233. The fourth-order valence-electron chi connectivity index (χ4n) is 7.27. The molecule has 226 valence electrons. The van der Waals surface area contributed by atoms with Gasteiger partial charge in [-0.1, -0.05) is 133 Å². The van der Waals surface area contributed by atoms with E-state index in [4.69, 9.17) is 9.98 Å². The molecule has 48 heavy (non-hydrogen) atoms. The Bertz CT molecular complexity index is 2680. The van der Waals surface area contributed by atoms with Gasteiger partial charge in [-0.3, -0.25) is 0 Å². The Morgan fingerprint density at radius 1 is 0.500 bits per heavy atom. The highest BCUT2D eigenvalue weighted by atomic mass is 32.1. The van der Waals surface area contributed by atoms with Crippen LogP contribution in [-0.2, 0) is 0 Å². The number of aliphatic imine (C=N–C) groups is 2. The smallest absolute Gasteiger partial charge is 0.169 e. The fourth-order valence-corrected chi connectivity index (χ4v) is 8.53. The van der Waals surface area contributed by atoms with Crippen molar-refractivity contribution in [2.24, 2.45) is 9.98 Å².